The molecule has 0 unspecified atom stereocenters. The molecule has 1 fully saturated rings. The van der Waals surface area contributed by atoms with Crippen molar-refractivity contribution in [1.82, 2.24) is 4.90 Å². The molecule has 2 heteroatoms. The van der Waals surface area contributed by atoms with E-state index in [1.54, 1.807) is 0 Å². The smallest absolute Gasteiger partial charge is 0.0314 e. The van der Waals surface area contributed by atoms with Gasteiger partial charge in [0.05, 0.1) is 0 Å². The summed E-state index contributed by atoms with van der Waals surface area (Å²) in [4.78, 5) is 2.59. The van der Waals surface area contributed by atoms with E-state index in [2.05, 4.69) is 44.7 Å². The lowest BCUT2D eigenvalue weighted by Crippen LogP contribution is -2.49. The second kappa shape index (κ2) is 4.58. The minimum atomic E-state index is 0.294. The quantitative estimate of drug-likeness (QED) is 0.769. The summed E-state index contributed by atoms with van der Waals surface area (Å²) in [7, 11) is 0. The van der Waals surface area contributed by atoms with Gasteiger partial charge in [0.1, 0.15) is 0 Å². The summed E-state index contributed by atoms with van der Waals surface area (Å²) >= 11 is 0. The lowest BCUT2D eigenvalue weighted by atomic mass is 9.74. The van der Waals surface area contributed by atoms with Gasteiger partial charge in [0.15, 0.2) is 0 Å². The van der Waals surface area contributed by atoms with Crippen molar-refractivity contribution in [3.05, 3.63) is 29.8 Å². The zero-order chi connectivity index (χ0) is 13.4. The molecule has 0 aliphatic carbocycles. The highest BCUT2D eigenvalue weighted by Crippen LogP contribution is 2.37. The maximum absolute atomic E-state index is 5.77. The number of likely N-dealkylation sites (tertiary alicyclic amines) is 1. The van der Waals surface area contributed by atoms with Crippen molar-refractivity contribution in [2.45, 2.75) is 51.5 Å². The molecule has 0 aromatic heterocycles. The van der Waals surface area contributed by atoms with Crippen molar-refractivity contribution in [1.29, 1.82) is 0 Å². The molecule has 0 saturated carbocycles. The molecule has 0 amide bonds. The van der Waals surface area contributed by atoms with Crippen LogP contribution in [0.3, 0.4) is 0 Å². The molecule has 1 saturated heterocycles. The van der Waals surface area contributed by atoms with Gasteiger partial charge in [0.25, 0.3) is 0 Å². The van der Waals surface area contributed by atoms with Crippen LogP contribution >= 0.6 is 0 Å². The summed E-state index contributed by atoms with van der Waals surface area (Å²) in [5.74, 6) is 0. The normalized spacial score (nSPS) is 20.9. The van der Waals surface area contributed by atoms with Crippen LogP contribution in [0.2, 0.25) is 0 Å². The fourth-order valence-electron chi connectivity index (χ4n) is 2.85. The lowest BCUT2D eigenvalue weighted by molar-refractivity contribution is 0.0794. The number of nitrogen functional groups attached to an aromatic ring is 1. The van der Waals surface area contributed by atoms with Gasteiger partial charge >= 0.3 is 0 Å². The molecule has 0 spiro atoms. The van der Waals surface area contributed by atoms with E-state index in [4.69, 9.17) is 5.73 Å². The van der Waals surface area contributed by atoms with Crippen LogP contribution in [0.4, 0.5) is 5.69 Å². The number of hydrogen-bond acceptors (Lipinski definition) is 2. The molecule has 1 aliphatic heterocycles. The standard InChI is InChI=1S/C16H26N2/c1-15(2,3)18-11-9-16(4,10-12-18)13-5-7-14(17)8-6-13/h5-8H,9-12,17H2,1-4H3. The summed E-state index contributed by atoms with van der Waals surface area (Å²) in [5, 5.41) is 0. The van der Waals surface area contributed by atoms with Gasteiger partial charge < -0.3 is 5.73 Å². The van der Waals surface area contributed by atoms with Crippen LogP contribution in [0.5, 0.6) is 0 Å². The molecule has 1 aromatic carbocycles. The largest absolute Gasteiger partial charge is 0.399 e. The van der Waals surface area contributed by atoms with Crippen LogP contribution in [0.25, 0.3) is 0 Å². The Morgan fingerprint density at radius 2 is 1.56 bits per heavy atom. The molecule has 2 nitrogen and oxygen atoms in total. The van der Waals surface area contributed by atoms with Gasteiger partial charge in [-0.1, -0.05) is 19.1 Å². The predicted octanol–water partition coefficient (Wildman–Crippen LogP) is 3.42. The fourth-order valence-corrected chi connectivity index (χ4v) is 2.85. The third-order valence-electron chi connectivity index (χ3n) is 4.42. The van der Waals surface area contributed by atoms with Crippen molar-refractivity contribution in [3.8, 4) is 0 Å². The highest BCUT2D eigenvalue weighted by atomic mass is 15.2. The average molecular weight is 246 g/mol. The molecular weight excluding hydrogens is 220 g/mol. The Morgan fingerprint density at radius 1 is 1.06 bits per heavy atom. The molecule has 1 aliphatic rings. The summed E-state index contributed by atoms with van der Waals surface area (Å²) < 4.78 is 0. The molecule has 2 N–H and O–H groups in total. The van der Waals surface area contributed by atoms with Crippen LogP contribution in [0.15, 0.2) is 24.3 Å². The maximum Gasteiger partial charge on any atom is 0.0314 e. The first-order valence-corrected chi connectivity index (χ1v) is 6.92. The predicted molar refractivity (Wildman–Crippen MR) is 78.8 cm³/mol. The SMILES string of the molecule is CC1(c2ccc(N)cc2)CCN(C(C)(C)C)CC1. The monoisotopic (exact) mass is 246 g/mol. The van der Waals surface area contributed by atoms with Gasteiger partial charge in [-0.05, 0) is 69.8 Å². The van der Waals surface area contributed by atoms with Gasteiger partial charge in [-0.15, -0.1) is 0 Å². The number of nitrogens with zero attached hydrogens (tertiary/aromatic N) is 1. The van der Waals surface area contributed by atoms with E-state index in [0.717, 1.165) is 5.69 Å². The van der Waals surface area contributed by atoms with Crippen LogP contribution in [0, 0.1) is 0 Å². The average Bonchev–Trinajstić information content (AvgIpc) is 2.29. The van der Waals surface area contributed by atoms with E-state index < -0.39 is 0 Å². The number of hydrogen-bond donors (Lipinski definition) is 1. The number of anilines is 1. The second-order valence-corrected chi connectivity index (χ2v) is 6.84. The van der Waals surface area contributed by atoms with Crippen LogP contribution in [-0.2, 0) is 5.41 Å². The Labute approximate surface area is 111 Å². The number of nitrogens with two attached hydrogens (primary N) is 1. The van der Waals surface area contributed by atoms with Crippen molar-refractivity contribution in [2.75, 3.05) is 18.8 Å². The summed E-state index contributed by atoms with van der Waals surface area (Å²) in [5.41, 5.74) is 8.67. The molecule has 1 aromatic rings. The van der Waals surface area contributed by atoms with Gasteiger partial charge in [-0.2, -0.15) is 0 Å². The zero-order valence-electron chi connectivity index (χ0n) is 12.2. The molecule has 1 heterocycles. The first kappa shape index (κ1) is 13.4. The Hall–Kier alpha value is -1.02. The van der Waals surface area contributed by atoms with Crippen molar-refractivity contribution >= 4 is 5.69 Å². The van der Waals surface area contributed by atoms with Gasteiger partial charge in [0.2, 0.25) is 0 Å². The van der Waals surface area contributed by atoms with Gasteiger partial charge in [0, 0.05) is 11.2 Å². The zero-order valence-corrected chi connectivity index (χ0v) is 12.2. The molecule has 100 valence electrons. The van der Waals surface area contributed by atoms with E-state index in [-0.39, 0.29) is 0 Å². The molecule has 0 atom stereocenters. The number of piperidine rings is 1. The van der Waals surface area contributed by atoms with Gasteiger partial charge in [-0.3, -0.25) is 4.90 Å². The molecule has 0 bridgehead atoms. The third kappa shape index (κ3) is 2.69. The van der Waals surface area contributed by atoms with Crippen molar-refractivity contribution in [2.24, 2.45) is 0 Å². The topological polar surface area (TPSA) is 29.3 Å². The first-order valence-electron chi connectivity index (χ1n) is 6.92. The minimum absolute atomic E-state index is 0.294. The second-order valence-electron chi connectivity index (χ2n) is 6.84. The van der Waals surface area contributed by atoms with Crippen LogP contribution < -0.4 is 5.73 Å². The van der Waals surface area contributed by atoms with E-state index in [9.17, 15) is 0 Å². The van der Waals surface area contributed by atoms with E-state index in [1.807, 2.05) is 12.1 Å². The minimum Gasteiger partial charge on any atom is -0.399 e. The molecule has 18 heavy (non-hydrogen) atoms. The molecule has 0 radical (unpaired) electrons. The fraction of sp³-hybridized carbons (Fsp3) is 0.625. The molecular formula is C16H26N2. The Morgan fingerprint density at radius 3 is 2.00 bits per heavy atom. The third-order valence-corrected chi connectivity index (χ3v) is 4.42. The van der Waals surface area contributed by atoms with Crippen molar-refractivity contribution < 1.29 is 0 Å². The number of rotatable bonds is 1. The van der Waals surface area contributed by atoms with E-state index in [0.29, 0.717) is 11.0 Å². The summed E-state index contributed by atoms with van der Waals surface area (Å²) in [6, 6.07) is 8.44. The summed E-state index contributed by atoms with van der Waals surface area (Å²) in [6.07, 6.45) is 2.46. The lowest BCUT2D eigenvalue weighted by Gasteiger charge is -2.45. The summed E-state index contributed by atoms with van der Waals surface area (Å²) in [6.45, 7) is 11.7. The van der Waals surface area contributed by atoms with Crippen LogP contribution in [-0.4, -0.2) is 23.5 Å². The first-order chi connectivity index (χ1) is 8.31. The van der Waals surface area contributed by atoms with E-state index >= 15 is 0 Å². The maximum atomic E-state index is 5.77. The Bertz CT molecular complexity index is 392. The Balaban J connectivity index is 2.10. The van der Waals surface area contributed by atoms with Crippen molar-refractivity contribution in [3.63, 3.8) is 0 Å². The Kier molecular flexibility index (Phi) is 3.41. The number of benzene rings is 1. The van der Waals surface area contributed by atoms with Crippen LogP contribution in [0.1, 0.15) is 46.1 Å². The highest BCUT2D eigenvalue weighted by Gasteiger charge is 2.34. The highest BCUT2D eigenvalue weighted by molar-refractivity contribution is 5.41. The van der Waals surface area contributed by atoms with E-state index in [1.165, 1.54) is 31.5 Å². The molecule has 2 rings (SSSR count). The van der Waals surface area contributed by atoms with Gasteiger partial charge in [-0.25, -0.2) is 0 Å².